The zero-order chi connectivity index (χ0) is 21.7. The molecule has 3 aromatic carbocycles. The number of nitrogens with zero attached hydrogens (tertiary/aromatic N) is 1. The Labute approximate surface area is 177 Å². The molecule has 0 saturated heterocycles. The van der Waals surface area contributed by atoms with Crippen LogP contribution in [0.5, 0.6) is 5.75 Å². The van der Waals surface area contributed by atoms with E-state index in [-0.39, 0.29) is 25.6 Å². The Morgan fingerprint density at radius 2 is 1.70 bits per heavy atom. The number of aryl methyl sites for hydroxylation is 2. The number of carbonyl (C=O) groups is 1. The van der Waals surface area contributed by atoms with Gasteiger partial charge in [-0.15, -0.1) is 0 Å². The number of sulfonamides is 1. The summed E-state index contributed by atoms with van der Waals surface area (Å²) in [5.74, 6) is 0.330. The van der Waals surface area contributed by atoms with Crippen molar-refractivity contribution in [1.82, 2.24) is 5.32 Å². The van der Waals surface area contributed by atoms with E-state index in [0.717, 1.165) is 38.2 Å². The summed E-state index contributed by atoms with van der Waals surface area (Å²) in [6.07, 6.45) is 1.10. The molecule has 0 bridgehead atoms. The first-order valence-electron chi connectivity index (χ1n) is 9.67. The number of rotatable bonds is 8. The molecular formula is C23H26N2O4S. The van der Waals surface area contributed by atoms with Crippen molar-refractivity contribution in [2.75, 3.05) is 30.3 Å². The van der Waals surface area contributed by atoms with Gasteiger partial charge in [0.2, 0.25) is 15.9 Å². The fourth-order valence-electron chi connectivity index (χ4n) is 3.08. The van der Waals surface area contributed by atoms with Crippen molar-refractivity contribution in [3.05, 3.63) is 71.8 Å². The fourth-order valence-corrected chi connectivity index (χ4v) is 3.93. The molecule has 0 aliphatic carbocycles. The van der Waals surface area contributed by atoms with Crippen molar-refractivity contribution in [1.29, 1.82) is 0 Å². The van der Waals surface area contributed by atoms with Crippen LogP contribution in [-0.2, 0) is 14.8 Å². The number of fused-ring (bicyclic) bond motifs is 1. The van der Waals surface area contributed by atoms with Gasteiger partial charge in [0, 0.05) is 0 Å². The highest BCUT2D eigenvalue weighted by molar-refractivity contribution is 7.92. The van der Waals surface area contributed by atoms with Crippen LogP contribution in [0.15, 0.2) is 60.7 Å². The van der Waals surface area contributed by atoms with Crippen LogP contribution >= 0.6 is 0 Å². The number of carbonyl (C=O) groups excluding carboxylic acids is 1. The lowest BCUT2D eigenvalue weighted by Gasteiger charge is -2.22. The normalized spacial score (nSPS) is 11.3. The van der Waals surface area contributed by atoms with Gasteiger partial charge in [0.15, 0.2) is 0 Å². The summed E-state index contributed by atoms with van der Waals surface area (Å²) in [6, 6.07) is 19.1. The smallest absolute Gasteiger partial charge is 0.240 e. The number of hydrogen-bond acceptors (Lipinski definition) is 4. The molecule has 0 spiro atoms. The maximum atomic E-state index is 12.3. The van der Waals surface area contributed by atoms with E-state index in [1.807, 2.05) is 62.4 Å². The molecule has 0 aromatic heterocycles. The van der Waals surface area contributed by atoms with Gasteiger partial charge in [0.1, 0.15) is 18.9 Å². The first-order chi connectivity index (χ1) is 14.2. The third kappa shape index (κ3) is 5.51. The van der Waals surface area contributed by atoms with Crippen LogP contribution in [-0.4, -0.2) is 40.3 Å². The van der Waals surface area contributed by atoms with Gasteiger partial charge in [-0.2, -0.15) is 0 Å². The third-order valence-electron chi connectivity index (χ3n) is 4.88. The Balaban J connectivity index is 1.55. The Morgan fingerprint density at radius 1 is 0.967 bits per heavy atom. The first-order valence-corrected chi connectivity index (χ1v) is 11.5. The van der Waals surface area contributed by atoms with Gasteiger partial charge in [-0.3, -0.25) is 9.10 Å². The van der Waals surface area contributed by atoms with Crippen LogP contribution in [0.1, 0.15) is 11.1 Å². The second-order valence-electron chi connectivity index (χ2n) is 7.25. The molecule has 3 rings (SSSR count). The summed E-state index contributed by atoms with van der Waals surface area (Å²) in [6.45, 7) is 4.13. The third-order valence-corrected chi connectivity index (χ3v) is 6.02. The van der Waals surface area contributed by atoms with Gasteiger partial charge in [0.05, 0.1) is 18.5 Å². The maximum absolute atomic E-state index is 12.3. The van der Waals surface area contributed by atoms with E-state index >= 15 is 0 Å². The van der Waals surface area contributed by atoms with Crippen LogP contribution in [0.2, 0.25) is 0 Å². The van der Waals surface area contributed by atoms with E-state index in [1.54, 1.807) is 12.1 Å². The Hall–Kier alpha value is -3.06. The van der Waals surface area contributed by atoms with E-state index in [1.165, 1.54) is 0 Å². The standard InChI is InChI=1S/C23H26N2O4S/c1-17-8-10-21(14-18(17)2)25(30(3,27)28)16-23(26)24-12-13-29-22-11-9-19-6-4-5-7-20(19)15-22/h4-11,14-15H,12-13,16H2,1-3H3,(H,24,26). The van der Waals surface area contributed by atoms with Crippen LogP contribution in [0.3, 0.4) is 0 Å². The lowest BCUT2D eigenvalue weighted by Crippen LogP contribution is -2.41. The summed E-state index contributed by atoms with van der Waals surface area (Å²) in [5.41, 5.74) is 2.50. The second-order valence-corrected chi connectivity index (χ2v) is 9.15. The molecule has 1 amide bonds. The highest BCUT2D eigenvalue weighted by atomic mass is 32.2. The van der Waals surface area contributed by atoms with Gasteiger partial charge in [0.25, 0.3) is 0 Å². The van der Waals surface area contributed by atoms with E-state index in [9.17, 15) is 13.2 Å². The molecule has 0 radical (unpaired) electrons. The first kappa shape index (κ1) is 21.6. The monoisotopic (exact) mass is 426 g/mol. The molecule has 0 atom stereocenters. The molecule has 6 nitrogen and oxygen atoms in total. The molecule has 1 N–H and O–H groups in total. The zero-order valence-electron chi connectivity index (χ0n) is 17.4. The van der Waals surface area contributed by atoms with Crippen molar-refractivity contribution >= 4 is 32.4 Å². The summed E-state index contributed by atoms with van der Waals surface area (Å²) in [5, 5.41) is 4.93. The maximum Gasteiger partial charge on any atom is 0.240 e. The molecule has 3 aromatic rings. The molecule has 0 fully saturated rings. The van der Waals surface area contributed by atoms with Crippen LogP contribution in [0.4, 0.5) is 5.69 Å². The minimum Gasteiger partial charge on any atom is -0.492 e. The molecule has 0 aliphatic heterocycles. The largest absolute Gasteiger partial charge is 0.492 e. The van der Waals surface area contributed by atoms with Gasteiger partial charge in [-0.1, -0.05) is 36.4 Å². The van der Waals surface area contributed by atoms with E-state index in [4.69, 9.17) is 4.74 Å². The van der Waals surface area contributed by atoms with Crippen molar-refractivity contribution in [3.8, 4) is 5.75 Å². The van der Waals surface area contributed by atoms with Gasteiger partial charge in [-0.05, 0) is 60.0 Å². The number of nitrogens with one attached hydrogen (secondary N) is 1. The average Bonchev–Trinajstić information content (AvgIpc) is 2.70. The Kier molecular flexibility index (Phi) is 6.62. The van der Waals surface area contributed by atoms with Gasteiger partial charge in [-0.25, -0.2) is 8.42 Å². The average molecular weight is 427 g/mol. The second kappa shape index (κ2) is 9.17. The Bertz CT molecular complexity index is 1160. The minimum absolute atomic E-state index is 0.274. The lowest BCUT2D eigenvalue weighted by molar-refractivity contribution is -0.119. The predicted octanol–water partition coefficient (Wildman–Crippen LogP) is 3.42. The molecular weight excluding hydrogens is 400 g/mol. The van der Waals surface area contributed by atoms with E-state index in [0.29, 0.717) is 5.69 Å². The van der Waals surface area contributed by atoms with Crippen molar-refractivity contribution in [2.45, 2.75) is 13.8 Å². The minimum atomic E-state index is -3.60. The zero-order valence-corrected chi connectivity index (χ0v) is 18.2. The molecule has 7 heteroatoms. The highest BCUT2D eigenvalue weighted by Gasteiger charge is 2.21. The van der Waals surface area contributed by atoms with Crippen LogP contribution in [0, 0.1) is 13.8 Å². The summed E-state index contributed by atoms with van der Waals surface area (Å²) in [7, 11) is -3.60. The number of amides is 1. The number of anilines is 1. The summed E-state index contributed by atoms with van der Waals surface area (Å²) in [4.78, 5) is 12.3. The number of benzene rings is 3. The molecule has 0 aliphatic rings. The van der Waals surface area contributed by atoms with Crippen LogP contribution < -0.4 is 14.4 Å². The molecule has 158 valence electrons. The van der Waals surface area contributed by atoms with E-state index < -0.39 is 10.0 Å². The number of ether oxygens (including phenoxy) is 1. The van der Waals surface area contributed by atoms with Gasteiger partial charge < -0.3 is 10.1 Å². The SMILES string of the molecule is Cc1ccc(N(CC(=O)NCCOc2ccc3ccccc3c2)S(C)(=O)=O)cc1C. The molecule has 30 heavy (non-hydrogen) atoms. The lowest BCUT2D eigenvalue weighted by atomic mass is 10.1. The fraction of sp³-hybridized carbons (Fsp3) is 0.261. The summed E-state index contributed by atoms with van der Waals surface area (Å²) >= 11 is 0. The van der Waals surface area contributed by atoms with Crippen molar-refractivity contribution in [2.24, 2.45) is 0 Å². The number of hydrogen-bond donors (Lipinski definition) is 1. The van der Waals surface area contributed by atoms with Crippen molar-refractivity contribution < 1.29 is 17.9 Å². The molecule has 0 saturated carbocycles. The van der Waals surface area contributed by atoms with E-state index in [2.05, 4.69) is 5.32 Å². The Morgan fingerprint density at radius 3 is 2.40 bits per heavy atom. The molecule has 0 heterocycles. The summed E-state index contributed by atoms with van der Waals surface area (Å²) < 4.78 is 31.2. The topological polar surface area (TPSA) is 75.7 Å². The van der Waals surface area contributed by atoms with Gasteiger partial charge >= 0.3 is 0 Å². The van der Waals surface area contributed by atoms with Crippen LogP contribution in [0.25, 0.3) is 10.8 Å². The van der Waals surface area contributed by atoms with Crippen molar-refractivity contribution in [3.63, 3.8) is 0 Å². The molecule has 0 unspecified atom stereocenters. The quantitative estimate of drug-likeness (QED) is 0.560. The predicted molar refractivity (Wildman–Crippen MR) is 121 cm³/mol. The highest BCUT2D eigenvalue weighted by Crippen LogP contribution is 2.21.